The average molecular weight is 363 g/mol. The van der Waals surface area contributed by atoms with Crippen molar-refractivity contribution in [3.63, 3.8) is 0 Å². The Hall–Kier alpha value is -1.53. The highest BCUT2D eigenvalue weighted by atomic mass is 16.5. The van der Waals surface area contributed by atoms with Gasteiger partial charge >= 0.3 is 0 Å². The second-order valence-electron chi connectivity index (χ2n) is 7.58. The molecule has 146 valence electrons. The van der Waals surface area contributed by atoms with Crippen LogP contribution < -0.4 is 5.32 Å². The Bertz CT molecular complexity index is 576. The third-order valence-corrected chi connectivity index (χ3v) is 5.32. The zero-order chi connectivity index (χ0) is 18.4. The maximum Gasteiger partial charge on any atom is 0.193 e. The molecule has 6 nitrogen and oxygen atoms in total. The highest BCUT2D eigenvalue weighted by Crippen LogP contribution is 2.28. The molecule has 0 amide bonds. The van der Waals surface area contributed by atoms with Gasteiger partial charge in [0.15, 0.2) is 5.96 Å². The summed E-state index contributed by atoms with van der Waals surface area (Å²) in [6, 6.07) is 4.41. The molecule has 26 heavy (non-hydrogen) atoms. The van der Waals surface area contributed by atoms with E-state index in [-0.39, 0.29) is 6.04 Å². The Labute approximate surface area is 157 Å². The number of nitrogens with zero attached hydrogens (tertiary/aromatic N) is 3. The summed E-state index contributed by atoms with van der Waals surface area (Å²) >= 11 is 0. The van der Waals surface area contributed by atoms with Crippen LogP contribution in [0.5, 0.6) is 0 Å². The van der Waals surface area contributed by atoms with E-state index in [1.165, 1.54) is 25.7 Å². The fraction of sp³-hybridized carbons (Fsp3) is 0.750. The largest absolute Gasteiger partial charge is 0.465 e. The molecule has 2 fully saturated rings. The zero-order valence-corrected chi connectivity index (χ0v) is 16.5. The van der Waals surface area contributed by atoms with E-state index in [9.17, 15) is 0 Å². The monoisotopic (exact) mass is 362 g/mol. The lowest BCUT2D eigenvalue weighted by atomic mass is 10.2. The van der Waals surface area contributed by atoms with Gasteiger partial charge < -0.3 is 19.4 Å². The minimum atomic E-state index is 0.252. The number of guanidine groups is 1. The molecule has 1 aromatic heterocycles. The van der Waals surface area contributed by atoms with Gasteiger partial charge in [-0.3, -0.25) is 9.89 Å². The van der Waals surface area contributed by atoms with Gasteiger partial charge in [-0.2, -0.15) is 0 Å². The molecular formula is C20H34N4O2. The minimum Gasteiger partial charge on any atom is -0.465 e. The van der Waals surface area contributed by atoms with Crippen LogP contribution in [0.25, 0.3) is 0 Å². The summed E-state index contributed by atoms with van der Waals surface area (Å²) in [4.78, 5) is 9.09. The van der Waals surface area contributed by atoms with Crippen molar-refractivity contribution in [2.24, 2.45) is 10.9 Å². The van der Waals surface area contributed by atoms with E-state index in [1.807, 2.05) is 14.0 Å². The summed E-state index contributed by atoms with van der Waals surface area (Å²) in [6.07, 6.45) is 5.21. The number of likely N-dealkylation sites (tertiary alicyclic amines) is 1. The van der Waals surface area contributed by atoms with Crippen molar-refractivity contribution in [1.29, 1.82) is 0 Å². The van der Waals surface area contributed by atoms with Crippen molar-refractivity contribution in [3.8, 4) is 0 Å². The Kier molecular flexibility index (Phi) is 6.97. The summed E-state index contributed by atoms with van der Waals surface area (Å²) in [5, 5.41) is 3.53. The van der Waals surface area contributed by atoms with E-state index in [1.54, 1.807) is 0 Å². The molecule has 0 bridgehead atoms. The molecule has 2 aliphatic rings. The van der Waals surface area contributed by atoms with Gasteiger partial charge in [0.1, 0.15) is 11.5 Å². The van der Waals surface area contributed by atoms with E-state index < -0.39 is 0 Å². The number of aryl methyl sites for hydroxylation is 1. The number of furan rings is 1. The molecule has 1 N–H and O–H groups in total. The quantitative estimate of drug-likeness (QED) is 0.416. The van der Waals surface area contributed by atoms with Gasteiger partial charge in [-0.05, 0) is 63.7 Å². The molecule has 3 rings (SSSR count). The van der Waals surface area contributed by atoms with Crippen LogP contribution in [0.4, 0.5) is 0 Å². The third-order valence-electron chi connectivity index (χ3n) is 5.32. The van der Waals surface area contributed by atoms with Gasteiger partial charge in [-0.15, -0.1) is 0 Å². The molecule has 2 heterocycles. The van der Waals surface area contributed by atoms with Crippen molar-refractivity contribution in [2.75, 3.05) is 53.5 Å². The summed E-state index contributed by atoms with van der Waals surface area (Å²) in [5.41, 5.74) is 0. The minimum absolute atomic E-state index is 0.252. The Morgan fingerprint density at radius 2 is 2.15 bits per heavy atom. The van der Waals surface area contributed by atoms with Crippen molar-refractivity contribution in [2.45, 2.75) is 38.6 Å². The van der Waals surface area contributed by atoms with Crippen LogP contribution in [-0.2, 0) is 4.74 Å². The second-order valence-corrected chi connectivity index (χ2v) is 7.58. The average Bonchev–Trinajstić information content (AvgIpc) is 3.11. The zero-order valence-electron chi connectivity index (χ0n) is 16.5. The number of likely N-dealkylation sites (N-methyl/N-ethyl adjacent to an activating group) is 1. The highest BCUT2D eigenvalue weighted by molar-refractivity contribution is 5.79. The molecule has 1 atom stereocenters. The lowest BCUT2D eigenvalue weighted by molar-refractivity contribution is 0.115. The predicted octanol–water partition coefficient (Wildman–Crippen LogP) is 2.66. The molecule has 0 radical (unpaired) electrons. The van der Waals surface area contributed by atoms with Gasteiger partial charge in [-0.25, -0.2) is 0 Å². The first-order chi connectivity index (χ1) is 12.7. The Morgan fingerprint density at radius 3 is 2.77 bits per heavy atom. The van der Waals surface area contributed by atoms with E-state index >= 15 is 0 Å². The van der Waals surface area contributed by atoms with Gasteiger partial charge in [0.2, 0.25) is 0 Å². The molecule has 0 aromatic carbocycles. The standard InChI is InChI=1S/C20H34N4O2/c1-16-6-9-19(26-16)18(24-10-4-5-11-24)14-22-20(21-2)23(3)12-13-25-15-17-7-8-17/h6,9,17-18H,4-5,7-8,10-15H2,1-3H3,(H,21,22). The number of rotatable bonds is 9. The molecule has 1 aliphatic carbocycles. The smallest absolute Gasteiger partial charge is 0.193 e. The van der Waals surface area contributed by atoms with Gasteiger partial charge in [0, 0.05) is 33.8 Å². The van der Waals surface area contributed by atoms with Gasteiger partial charge in [0.05, 0.1) is 12.6 Å². The van der Waals surface area contributed by atoms with Gasteiger partial charge in [-0.1, -0.05) is 0 Å². The van der Waals surface area contributed by atoms with Crippen LogP contribution in [0, 0.1) is 12.8 Å². The fourth-order valence-electron chi connectivity index (χ4n) is 3.51. The lowest BCUT2D eigenvalue weighted by Crippen LogP contribution is -2.44. The summed E-state index contributed by atoms with van der Waals surface area (Å²) < 4.78 is 11.7. The number of aliphatic imine (C=N–C) groups is 1. The van der Waals surface area contributed by atoms with Crippen LogP contribution in [-0.4, -0.2) is 69.2 Å². The topological polar surface area (TPSA) is 53.2 Å². The van der Waals surface area contributed by atoms with E-state index in [4.69, 9.17) is 9.15 Å². The maximum atomic E-state index is 5.94. The van der Waals surface area contributed by atoms with Crippen molar-refractivity contribution in [1.82, 2.24) is 15.1 Å². The Morgan fingerprint density at radius 1 is 1.38 bits per heavy atom. The second kappa shape index (κ2) is 9.42. The first kappa shape index (κ1) is 19.2. The van der Waals surface area contributed by atoms with E-state index in [0.29, 0.717) is 0 Å². The van der Waals surface area contributed by atoms with E-state index in [2.05, 4.69) is 39.3 Å². The molecule has 6 heteroatoms. The molecule has 1 saturated carbocycles. The van der Waals surface area contributed by atoms with Crippen LogP contribution in [0.2, 0.25) is 0 Å². The predicted molar refractivity (Wildman–Crippen MR) is 105 cm³/mol. The third kappa shape index (κ3) is 5.48. The first-order valence-corrected chi connectivity index (χ1v) is 9.97. The van der Waals surface area contributed by atoms with Crippen LogP contribution >= 0.6 is 0 Å². The summed E-state index contributed by atoms with van der Waals surface area (Å²) in [5.74, 6) is 3.74. The molecule has 1 saturated heterocycles. The highest BCUT2D eigenvalue weighted by Gasteiger charge is 2.26. The van der Waals surface area contributed by atoms with Crippen molar-refractivity contribution in [3.05, 3.63) is 23.7 Å². The Balaban J connectivity index is 1.50. The first-order valence-electron chi connectivity index (χ1n) is 9.97. The number of hydrogen-bond donors (Lipinski definition) is 1. The fourth-order valence-corrected chi connectivity index (χ4v) is 3.51. The number of nitrogens with one attached hydrogen (secondary N) is 1. The SMILES string of the molecule is CN=C(NCC(c1ccc(C)o1)N1CCCC1)N(C)CCOCC1CC1. The maximum absolute atomic E-state index is 5.94. The molecule has 1 aromatic rings. The van der Waals surface area contributed by atoms with Crippen molar-refractivity contribution >= 4 is 5.96 Å². The lowest BCUT2D eigenvalue weighted by Gasteiger charge is -2.28. The molecular weight excluding hydrogens is 328 g/mol. The van der Waals surface area contributed by atoms with E-state index in [0.717, 1.165) is 62.8 Å². The van der Waals surface area contributed by atoms with Crippen LogP contribution in [0.15, 0.2) is 21.5 Å². The summed E-state index contributed by atoms with van der Waals surface area (Å²) in [7, 11) is 3.91. The molecule has 0 spiro atoms. The normalized spacial score (nSPS) is 19.7. The summed E-state index contributed by atoms with van der Waals surface area (Å²) in [6.45, 7) is 7.58. The molecule has 1 unspecified atom stereocenters. The van der Waals surface area contributed by atoms with Crippen molar-refractivity contribution < 1.29 is 9.15 Å². The molecule has 1 aliphatic heterocycles. The van der Waals surface area contributed by atoms with Gasteiger partial charge in [0.25, 0.3) is 0 Å². The van der Waals surface area contributed by atoms with Crippen LogP contribution in [0.3, 0.4) is 0 Å². The number of ether oxygens (including phenoxy) is 1. The van der Waals surface area contributed by atoms with Crippen LogP contribution in [0.1, 0.15) is 43.2 Å². The number of hydrogen-bond acceptors (Lipinski definition) is 4.